The average Bonchev–Trinajstić information content (AvgIpc) is 3.26. The second kappa shape index (κ2) is 12.2. The second-order valence-electron chi connectivity index (χ2n) is 11.2. The normalized spacial score (nSPS) is 17.1. The lowest BCUT2D eigenvalue weighted by atomic mass is 9.75. The van der Waals surface area contributed by atoms with E-state index in [0.29, 0.717) is 23.3 Å². The largest absolute Gasteiger partial charge is 0.497 e. The van der Waals surface area contributed by atoms with Crippen molar-refractivity contribution in [2.75, 3.05) is 7.11 Å². The first-order chi connectivity index (χ1) is 18.6. The van der Waals surface area contributed by atoms with Crippen LogP contribution in [0.3, 0.4) is 0 Å². The maximum atomic E-state index is 15.5. The summed E-state index contributed by atoms with van der Waals surface area (Å²) in [5.74, 6) is -1.25. The first-order valence-electron chi connectivity index (χ1n) is 13.7. The van der Waals surface area contributed by atoms with Crippen LogP contribution in [0.2, 0.25) is 0 Å². The van der Waals surface area contributed by atoms with E-state index in [1.165, 1.54) is 6.07 Å². The van der Waals surface area contributed by atoms with Gasteiger partial charge < -0.3 is 14.6 Å². The first-order valence-corrected chi connectivity index (χ1v) is 13.7. The number of carboxylic acid groups (broad SMARTS) is 1. The standard InChI is InChI=1S/C33H38F2O4/c1-5-8-22(18-31(36)37)24-9-6-11-30(32(24)35)39-20-21-12-14-25(27-19-23(38-4)13-15-29(27)34)26(17-21)28-10-7-16-33(28,2)3/h6,9,11-15,17,19,22,28H,5,7-8,10,16,18,20H2,1-4H3,(H,36,37)/t22-,28-/m0/s1. The molecule has 0 amide bonds. The van der Waals surface area contributed by atoms with E-state index in [4.69, 9.17) is 9.47 Å². The van der Waals surface area contributed by atoms with Crippen LogP contribution in [0.1, 0.15) is 87.8 Å². The molecule has 1 aliphatic carbocycles. The molecule has 4 nitrogen and oxygen atoms in total. The van der Waals surface area contributed by atoms with Crippen LogP contribution in [0.15, 0.2) is 54.6 Å². The minimum Gasteiger partial charge on any atom is -0.497 e. The second-order valence-corrected chi connectivity index (χ2v) is 11.2. The van der Waals surface area contributed by atoms with Gasteiger partial charge in [-0.2, -0.15) is 0 Å². The summed E-state index contributed by atoms with van der Waals surface area (Å²) >= 11 is 0. The van der Waals surface area contributed by atoms with Gasteiger partial charge in [0.15, 0.2) is 11.6 Å². The van der Waals surface area contributed by atoms with Gasteiger partial charge >= 0.3 is 5.97 Å². The maximum absolute atomic E-state index is 15.5. The molecule has 1 N–H and O–H groups in total. The van der Waals surface area contributed by atoms with Gasteiger partial charge in [-0.1, -0.05) is 63.9 Å². The molecule has 0 heterocycles. The Bertz CT molecular complexity index is 1320. The van der Waals surface area contributed by atoms with Crippen molar-refractivity contribution in [3.05, 3.63) is 82.9 Å². The van der Waals surface area contributed by atoms with Gasteiger partial charge in [0.1, 0.15) is 18.2 Å². The van der Waals surface area contributed by atoms with Crippen molar-refractivity contribution in [2.24, 2.45) is 5.41 Å². The first kappa shape index (κ1) is 28.6. The minimum atomic E-state index is -0.950. The fraction of sp³-hybridized carbons (Fsp3) is 0.424. The number of rotatable bonds is 11. The number of carboxylic acids is 1. The molecule has 1 fully saturated rings. The molecule has 2 atom stereocenters. The van der Waals surface area contributed by atoms with E-state index >= 15 is 8.78 Å². The van der Waals surface area contributed by atoms with Crippen molar-refractivity contribution in [2.45, 2.75) is 77.7 Å². The third-order valence-electron chi connectivity index (χ3n) is 8.10. The SMILES string of the molecule is CCC[C@@H](CC(=O)O)c1cccc(OCc2ccc(-c3cc(OC)ccc3F)c([C@@H]3CCCC3(C)C)c2)c1F. The predicted molar refractivity (Wildman–Crippen MR) is 149 cm³/mol. The summed E-state index contributed by atoms with van der Waals surface area (Å²) in [4.78, 5) is 11.4. The molecule has 0 aromatic heterocycles. The van der Waals surface area contributed by atoms with Gasteiger partial charge in [0.05, 0.1) is 13.5 Å². The number of methoxy groups -OCH3 is 1. The molecule has 0 spiro atoms. The predicted octanol–water partition coefficient (Wildman–Crippen LogP) is 8.87. The Morgan fingerprint density at radius 3 is 2.56 bits per heavy atom. The van der Waals surface area contributed by atoms with Gasteiger partial charge in [0.25, 0.3) is 0 Å². The summed E-state index contributed by atoms with van der Waals surface area (Å²) in [6.45, 7) is 6.60. The van der Waals surface area contributed by atoms with Crippen molar-refractivity contribution in [3.8, 4) is 22.6 Å². The van der Waals surface area contributed by atoms with Crippen LogP contribution < -0.4 is 9.47 Å². The van der Waals surface area contributed by atoms with E-state index < -0.39 is 17.7 Å². The number of benzene rings is 3. The van der Waals surface area contributed by atoms with E-state index in [1.807, 2.05) is 19.1 Å². The monoisotopic (exact) mass is 536 g/mol. The smallest absolute Gasteiger partial charge is 0.303 e. The number of carbonyl (C=O) groups is 1. The Balaban J connectivity index is 1.67. The van der Waals surface area contributed by atoms with Gasteiger partial charge in [0, 0.05) is 5.56 Å². The van der Waals surface area contributed by atoms with Crippen LogP contribution in [-0.2, 0) is 11.4 Å². The molecule has 1 saturated carbocycles. The van der Waals surface area contributed by atoms with E-state index in [1.54, 1.807) is 37.4 Å². The fourth-order valence-corrected chi connectivity index (χ4v) is 6.02. The Morgan fingerprint density at radius 1 is 1.10 bits per heavy atom. The van der Waals surface area contributed by atoms with Crippen LogP contribution in [0.4, 0.5) is 8.78 Å². The lowest BCUT2D eigenvalue weighted by molar-refractivity contribution is -0.137. The number of hydrogen-bond donors (Lipinski definition) is 1. The van der Waals surface area contributed by atoms with E-state index in [2.05, 4.69) is 19.9 Å². The lowest BCUT2D eigenvalue weighted by Gasteiger charge is -2.30. The summed E-state index contributed by atoms with van der Waals surface area (Å²) in [6, 6.07) is 15.6. The summed E-state index contributed by atoms with van der Waals surface area (Å²) in [5.41, 5.74) is 3.68. The van der Waals surface area contributed by atoms with Crippen molar-refractivity contribution >= 4 is 5.97 Å². The highest BCUT2D eigenvalue weighted by Gasteiger charge is 2.37. The zero-order chi connectivity index (χ0) is 28.2. The molecule has 39 heavy (non-hydrogen) atoms. The maximum Gasteiger partial charge on any atom is 0.303 e. The van der Waals surface area contributed by atoms with E-state index in [-0.39, 0.29) is 35.9 Å². The molecule has 0 saturated heterocycles. The molecule has 0 radical (unpaired) electrons. The molecule has 3 aromatic carbocycles. The summed E-state index contributed by atoms with van der Waals surface area (Å²) in [5, 5.41) is 9.30. The molecule has 208 valence electrons. The highest BCUT2D eigenvalue weighted by Crippen LogP contribution is 2.51. The van der Waals surface area contributed by atoms with Gasteiger partial charge in [-0.25, -0.2) is 8.78 Å². The zero-order valence-corrected chi connectivity index (χ0v) is 23.2. The topological polar surface area (TPSA) is 55.8 Å². The summed E-state index contributed by atoms with van der Waals surface area (Å²) < 4.78 is 41.8. The van der Waals surface area contributed by atoms with Crippen LogP contribution >= 0.6 is 0 Å². The number of hydrogen-bond acceptors (Lipinski definition) is 3. The van der Waals surface area contributed by atoms with Gasteiger partial charge in [-0.15, -0.1) is 0 Å². The molecule has 0 bridgehead atoms. The summed E-state index contributed by atoms with van der Waals surface area (Å²) in [6.07, 6.45) is 4.40. The van der Waals surface area contributed by atoms with Crippen molar-refractivity contribution in [1.29, 1.82) is 0 Å². The molecule has 1 aliphatic rings. The third kappa shape index (κ3) is 6.43. The molecule has 3 aromatic rings. The molecule has 6 heteroatoms. The van der Waals surface area contributed by atoms with Crippen LogP contribution in [-0.4, -0.2) is 18.2 Å². The van der Waals surface area contributed by atoms with Crippen LogP contribution in [0, 0.1) is 17.0 Å². The molecular formula is C33H38F2O4. The molecular weight excluding hydrogens is 498 g/mol. The van der Waals surface area contributed by atoms with Crippen LogP contribution in [0.25, 0.3) is 11.1 Å². The summed E-state index contributed by atoms with van der Waals surface area (Å²) in [7, 11) is 1.57. The van der Waals surface area contributed by atoms with Gasteiger partial charge in [-0.05, 0) is 83.0 Å². The molecule has 0 aliphatic heterocycles. The highest BCUT2D eigenvalue weighted by molar-refractivity contribution is 5.71. The number of aliphatic carboxylic acids is 1. The quantitative estimate of drug-likeness (QED) is 0.266. The molecule has 4 rings (SSSR count). The van der Waals surface area contributed by atoms with E-state index in [9.17, 15) is 9.90 Å². The van der Waals surface area contributed by atoms with Crippen molar-refractivity contribution < 1.29 is 28.2 Å². The average molecular weight is 537 g/mol. The Labute approximate surface area is 230 Å². The van der Waals surface area contributed by atoms with Gasteiger partial charge in [0.2, 0.25) is 0 Å². The van der Waals surface area contributed by atoms with Gasteiger partial charge in [-0.3, -0.25) is 4.79 Å². The Morgan fingerprint density at radius 2 is 1.90 bits per heavy atom. The van der Waals surface area contributed by atoms with Crippen LogP contribution in [0.5, 0.6) is 11.5 Å². The molecule has 0 unspecified atom stereocenters. The Kier molecular flexibility index (Phi) is 8.94. The highest BCUT2D eigenvalue weighted by atomic mass is 19.1. The number of halogens is 2. The van der Waals surface area contributed by atoms with Crippen molar-refractivity contribution in [3.63, 3.8) is 0 Å². The minimum absolute atomic E-state index is 0.0580. The fourth-order valence-electron chi connectivity index (χ4n) is 6.02. The third-order valence-corrected chi connectivity index (χ3v) is 8.10. The Hall–Kier alpha value is -3.41. The number of ether oxygens (including phenoxy) is 2. The van der Waals surface area contributed by atoms with Crippen molar-refractivity contribution in [1.82, 2.24) is 0 Å². The zero-order valence-electron chi connectivity index (χ0n) is 23.2. The lowest BCUT2D eigenvalue weighted by Crippen LogP contribution is -2.17. The van der Waals surface area contributed by atoms with E-state index in [0.717, 1.165) is 42.4 Å².